The lowest BCUT2D eigenvalue weighted by Gasteiger charge is -2.19. The molecule has 0 aliphatic carbocycles. The number of carbonyl (C=O) groups is 3. The van der Waals surface area contributed by atoms with Crippen LogP contribution < -0.4 is 10.2 Å². The van der Waals surface area contributed by atoms with Gasteiger partial charge in [-0.15, -0.1) is 6.58 Å². The second-order valence-electron chi connectivity index (χ2n) is 6.07. The number of hydrogen-bond acceptors (Lipinski definition) is 4. The molecule has 1 aliphatic rings. The van der Waals surface area contributed by atoms with E-state index in [2.05, 4.69) is 11.9 Å². The summed E-state index contributed by atoms with van der Waals surface area (Å²) in [4.78, 5) is 37.2. The summed E-state index contributed by atoms with van der Waals surface area (Å²) in [5, 5.41) is 2.47. The molecule has 1 heterocycles. The second-order valence-corrected chi connectivity index (χ2v) is 6.07. The number of nitrogens with zero attached hydrogens (tertiary/aromatic N) is 1. The average Bonchev–Trinajstić information content (AvgIpc) is 3.00. The molecule has 6 nitrogen and oxygen atoms in total. The van der Waals surface area contributed by atoms with Crippen LogP contribution in [-0.2, 0) is 25.3 Å². The predicted octanol–water partition coefficient (Wildman–Crippen LogP) is 2.29. The Morgan fingerprint density at radius 3 is 2.78 bits per heavy atom. The van der Waals surface area contributed by atoms with E-state index in [1.807, 2.05) is 0 Å². The maximum Gasteiger partial charge on any atom is 0.416 e. The largest absolute Gasteiger partial charge is 0.452 e. The van der Waals surface area contributed by atoms with Crippen molar-refractivity contribution in [3.8, 4) is 0 Å². The fourth-order valence-corrected chi connectivity index (χ4v) is 2.61. The van der Waals surface area contributed by atoms with Crippen LogP contribution in [-0.4, -0.2) is 37.0 Å². The average molecular weight is 384 g/mol. The van der Waals surface area contributed by atoms with E-state index < -0.39 is 41.5 Å². The van der Waals surface area contributed by atoms with E-state index in [0.717, 1.165) is 17.0 Å². The van der Waals surface area contributed by atoms with Gasteiger partial charge < -0.3 is 15.0 Å². The molecular weight excluding hydrogens is 365 g/mol. The lowest BCUT2D eigenvalue weighted by molar-refractivity contribution is -0.158. The van der Waals surface area contributed by atoms with Gasteiger partial charge in [0.05, 0.1) is 11.5 Å². The molecule has 1 fully saturated rings. The molecule has 0 saturated carbocycles. The zero-order valence-corrected chi connectivity index (χ0v) is 14.6. The fourth-order valence-electron chi connectivity index (χ4n) is 2.61. The number of esters is 1. The van der Waals surface area contributed by atoms with Crippen molar-refractivity contribution < 1.29 is 32.3 Å². The van der Waals surface area contributed by atoms with E-state index >= 15 is 0 Å². The van der Waals surface area contributed by atoms with Gasteiger partial charge in [-0.2, -0.15) is 13.2 Å². The highest BCUT2D eigenvalue weighted by molar-refractivity contribution is 5.99. The third-order valence-electron chi connectivity index (χ3n) is 4.03. The SMILES string of the molecule is C=CCNC(=O)[C@@H](C)OC(=O)[C@H]1CC(=O)N(c2cccc(C(F)(F)F)c2)C1. The van der Waals surface area contributed by atoms with Gasteiger partial charge in [-0.05, 0) is 25.1 Å². The van der Waals surface area contributed by atoms with Gasteiger partial charge >= 0.3 is 12.1 Å². The van der Waals surface area contributed by atoms with Crippen molar-refractivity contribution in [1.29, 1.82) is 0 Å². The third kappa shape index (κ3) is 5.08. The van der Waals surface area contributed by atoms with Crippen molar-refractivity contribution in [2.45, 2.75) is 25.6 Å². The first-order chi connectivity index (χ1) is 12.6. The van der Waals surface area contributed by atoms with Crippen LogP contribution in [0.1, 0.15) is 18.9 Å². The molecule has 0 unspecified atom stereocenters. The number of amides is 2. The minimum absolute atomic E-state index is 0.0573. The van der Waals surface area contributed by atoms with Crippen LogP contribution >= 0.6 is 0 Å². The first-order valence-electron chi connectivity index (χ1n) is 8.20. The lowest BCUT2D eigenvalue weighted by atomic mass is 10.1. The quantitative estimate of drug-likeness (QED) is 0.603. The number of ether oxygens (including phenoxy) is 1. The maximum atomic E-state index is 12.8. The van der Waals surface area contributed by atoms with Gasteiger partial charge in [0.25, 0.3) is 5.91 Å². The molecule has 0 spiro atoms. The van der Waals surface area contributed by atoms with Gasteiger partial charge in [0.15, 0.2) is 6.10 Å². The van der Waals surface area contributed by atoms with Crippen LogP contribution in [0.2, 0.25) is 0 Å². The summed E-state index contributed by atoms with van der Waals surface area (Å²) in [6.45, 7) is 4.94. The standard InChI is InChI=1S/C18H19F3N2O4/c1-3-7-22-16(25)11(2)27-17(26)12-8-15(24)23(10-12)14-6-4-5-13(9-14)18(19,20)21/h3-6,9,11-12H,1,7-8,10H2,2H3,(H,22,25)/t11-,12+/m1/s1. The summed E-state index contributed by atoms with van der Waals surface area (Å²) >= 11 is 0. The molecule has 2 atom stereocenters. The molecule has 27 heavy (non-hydrogen) atoms. The van der Waals surface area contributed by atoms with Crippen LogP contribution in [0.25, 0.3) is 0 Å². The van der Waals surface area contributed by atoms with E-state index in [1.54, 1.807) is 0 Å². The first kappa shape index (κ1) is 20.5. The zero-order chi connectivity index (χ0) is 20.2. The zero-order valence-electron chi connectivity index (χ0n) is 14.6. The number of halogens is 3. The Kier molecular flexibility index (Phi) is 6.24. The van der Waals surface area contributed by atoms with Crippen molar-refractivity contribution in [3.05, 3.63) is 42.5 Å². The highest BCUT2D eigenvalue weighted by atomic mass is 19.4. The number of carbonyl (C=O) groups excluding carboxylic acids is 3. The summed E-state index contributed by atoms with van der Waals surface area (Å²) < 4.78 is 43.6. The number of nitrogens with one attached hydrogen (secondary N) is 1. The summed E-state index contributed by atoms with van der Waals surface area (Å²) in [5.41, 5.74) is -0.826. The fraction of sp³-hybridized carbons (Fsp3) is 0.389. The lowest BCUT2D eigenvalue weighted by Crippen LogP contribution is -2.37. The van der Waals surface area contributed by atoms with Gasteiger partial charge in [0.1, 0.15) is 0 Å². The maximum absolute atomic E-state index is 12.8. The van der Waals surface area contributed by atoms with Crippen LogP contribution in [0.3, 0.4) is 0 Å². The highest BCUT2D eigenvalue weighted by Crippen LogP contribution is 2.33. The van der Waals surface area contributed by atoms with Gasteiger partial charge in [0.2, 0.25) is 5.91 Å². The second kappa shape index (κ2) is 8.24. The number of rotatable bonds is 6. The summed E-state index contributed by atoms with van der Waals surface area (Å²) in [6, 6.07) is 4.33. The van der Waals surface area contributed by atoms with Gasteiger partial charge in [0, 0.05) is 25.2 Å². The first-order valence-corrected chi connectivity index (χ1v) is 8.20. The minimum atomic E-state index is -4.54. The molecule has 2 rings (SSSR count). The predicted molar refractivity (Wildman–Crippen MR) is 90.7 cm³/mol. The molecule has 2 amide bonds. The molecule has 1 aromatic carbocycles. The monoisotopic (exact) mass is 384 g/mol. The number of alkyl halides is 3. The Balaban J connectivity index is 2.03. The Hall–Kier alpha value is -2.84. The molecule has 146 valence electrons. The van der Waals surface area contributed by atoms with E-state index in [1.165, 1.54) is 25.1 Å². The molecule has 1 aromatic rings. The topological polar surface area (TPSA) is 75.7 Å². The van der Waals surface area contributed by atoms with Gasteiger partial charge in [-0.25, -0.2) is 0 Å². The smallest absolute Gasteiger partial charge is 0.416 e. The molecule has 0 aromatic heterocycles. The molecule has 0 radical (unpaired) electrons. The van der Waals surface area contributed by atoms with Crippen molar-refractivity contribution in [3.63, 3.8) is 0 Å². The van der Waals surface area contributed by atoms with E-state index in [-0.39, 0.29) is 25.2 Å². The van der Waals surface area contributed by atoms with Crippen LogP contribution in [0, 0.1) is 5.92 Å². The van der Waals surface area contributed by atoms with E-state index in [4.69, 9.17) is 4.74 Å². The Morgan fingerprint density at radius 2 is 2.15 bits per heavy atom. The molecule has 1 N–H and O–H groups in total. The third-order valence-corrected chi connectivity index (χ3v) is 4.03. The summed E-state index contributed by atoms with van der Waals surface area (Å²) in [7, 11) is 0. The van der Waals surface area contributed by atoms with Crippen molar-refractivity contribution in [1.82, 2.24) is 5.32 Å². The van der Waals surface area contributed by atoms with Crippen molar-refractivity contribution >= 4 is 23.5 Å². The Morgan fingerprint density at radius 1 is 1.44 bits per heavy atom. The normalized spacial score (nSPS) is 18.1. The van der Waals surface area contributed by atoms with Crippen molar-refractivity contribution in [2.75, 3.05) is 18.0 Å². The van der Waals surface area contributed by atoms with Crippen LogP contribution in [0.4, 0.5) is 18.9 Å². The molecule has 1 aliphatic heterocycles. The molecule has 9 heteroatoms. The number of hydrogen-bond donors (Lipinski definition) is 1. The molecule has 1 saturated heterocycles. The van der Waals surface area contributed by atoms with Crippen LogP contribution in [0.15, 0.2) is 36.9 Å². The highest BCUT2D eigenvalue weighted by Gasteiger charge is 2.38. The van der Waals surface area contributed by atoms with Gasteiger partial charge in [-0.1, -0.05) is 12.1 Å². The number of benzene rings is 1. The summed E-state index contributed by atoms with van der Waals surface area (Å²) in [5.74, 6) is -2.61. The molecular formula is C18H19F3N2O4. The van der Waals surface area contributed by atoms with Crippen LogP contribution in [0.5, 0.6) is 0 Å². The van der Waals surface area contributed by atoms with Gasteiger partial charge in [-0.3, -0.25) is 14.4 Å². The Bertz CT molecular complexity index is 748. The minimum Gasteiger partial charge on any atom is -0.452 e. The summed E-state index contributed by atoms with van der Waals surface area (Å²) in [6.07, 6.45) is -4.33. The van der Waals surface area contributed by atoms with Crippen molar-refractivity contribution in [2.24, 2.45) is 5.92 Å². The number of anilines is 1. The van der Waals surface area contributed by atoms with E-state index in [9.17, 15) is 27.6 Å². The Labute approximate surface area is 154 Å². The van der Waals surface area contributed by atoms with E-state index in [0.29, 0.717) is 0 Å². The molecule has 0 bridgehead atoms.